The number of ether oxygens (including phenoxy) is 1. The van der Waals surface area contributed by atoms with Crippen LogP contribution in [0.1, 0.15) is 10.4 Å². The van der Waals surface area contributed by atoms with Crippen molar-refractivity contribution in [2.45, 2.75) is 0 Å². The van der Waals surface area contributed by atoms with Crippen molar-refractivity contribution in [3.63, 3.8) is 0 Å². The van der Waals surface area contributed by atoms with Crippen LogP contribution < -0.4 is 5.32 Å². The summed E-state index contributed by atoms with van der Waals surface area (Å²) < 4.78 is 30.5. The highest BCUT2D eigenvalue weighted by Crippen LogP contribution is 2.19. The summed E-state index contributed by atoms with van der Waals surface area (Å²) in [6.07, 6.45) is 0. The van der Waals surface area contributed by atoms with E-state index < -0.39 is 40.6 Å². The molecule has 92 valence electrons. The molecule has 17 heavy (non-hydrogen) atoms. The van der Waals surface area contributed by atoms with Crippen molar-refractivity contribution >= 4 is 23.5 Å². The van der Waals surface area contributed by atoms with Gasteiger partial charge in [0.25, 0.3) is 5.91 Å². The molecule has 0 spiro atoms. The number of carbonyl (C=O) groups excluding carboxylic acids is 2. The van der Waals surface area contributed by atoms with E-state index in [4.69, 9.17) is 11.6 Å². The fourth-order valence-corrected chi connectivity index (χ4v) is 1.17. The molecule has 0 atom stereocenters. The third-order valence-electron chi connectivity index (χ3n) is 1.88. The molecule has 1 N–H and O–H groups in total. The maximum absolute atomic E-state index is 13.3. The Hall–Kier alpha value is -1.69. The Bertz CT molecular complexity index is 465. The predicted octanol–water partition coefficient (Wildman–Crippen LogP) is 1.52. The lowest BCUT2D eigenvalue weighted by atomic mass is 10.2. The normalized spacial score (nSPS) is 9.88. The number of amides is 1. The zero-order valence-electron chi connectivity index (χ0n) is 8.72. The quantitative estimate of drug-likeness (QED) is 0.664. The van der Waals surface area contributed by atoms with Crippen LogP contribution in [0.25, 0.3) is 0 Å². The number of methoxy groups -OCH3 is 1. The van der Waals surface area contributed by atoms with E-state index in [9.17, 15) is 18.4 Å². The van der Waals surface area contributed by atoms with Crippen molar-refractivity contribution in [3.8, 4) is 0 Å². The molecule has 0 fully saturated rings. The van der Waals surface area contributed by atoms with Crippen LogP contribution in [0.2, 0.25) is 5.02 Å². The van der Waals surface area contributed by atoms with Gasteiger partial charge in [0.15, 0.2) is 0 Å². The summed E-state index contributed by atoms with van der Waals surface area (Å²) in [4.78, 5) is 22.1. The van der Waals surface area contributed by atoms with E-state index in [1.54, 1.807) is 0 Å². The molecule has 7 heteroatoms. The van der Waals surface area contributed by atoms with Crippen molar-refractivity contribution < 1.29 is 23.1 Å². The number of hydrogen-bond acceptors (Lipinski definition) is 3. The first-order valence-corrected chi connectivity index (χ1v) is 4.83. The number of esters is 1. The molecule has 1 aromatic carbocycles. The smallest absolute Gasteiger partial charge is 0.325 e. The fraction of sp³-hybridized carbons (Fsp3) is 0.200. The van der Waals surface area contributed by atoms with E-state index in [0.29, 0.717) is 12.1 Å². The highest BCUT2D eigenvalue weighted by atomic mass is 35.5. The van der Waals surface area contributed by atoms with Crippen LogP contribution in [-0.4, -0.2) is 25.5 Å². The first-order valence-electron chi connectivity index (χ1n) is 4.45. The summed E-state index contributed by atoms with van der Waals surface area (Å²) in [5.74, 6) is -3.52. The van der Waals surface area contributed by atoms with Crippen molar-refractivity contribution in [2.24, 2.45) is 0 Å². The minimum atomic E-state index is -0.973. The van der Waals surface area contributed by atoms with Gasteiger partial charge >= 0.3 is 5.97 Å². The Balaban J connectivity index is 2.82. The number of hydrogen-bond donors (Lipinski definition) is 1. The Kier molecular flexibility index (Phi) is 4.39. The average Bonchev–Trinajstić information content (AvgIpc) is 2.30. The molecule has 0 aliphatic carbocycles. The summed E-state index contributed by atoms with van der Waals surface area (Å²) in [5, 5.41) is 1.65. The molecule has 1 amide bonds. The Morgan fingerprint density at radius 2 is 2.00 bits per heavy atom. The minimum Gasteiger partial charge on any atom is -0.468 e. The monoisotopic (exact) mass is 263 g/mol. The number of carbonyl (C=O) groups is 2. The second kappa shape index (κ2) is 5.58. The molecule has 1 aromatic rings. The largest absolute Gasteiger partial charge is 0.468 e. The lowest BCUT2D eigenvalue weighted by Gasteiger charge is -2.05. The molecule has 0 aliphatic rings. The van der Waals surface area contributed by atoms with Gasteiger partial charge < -0.3 is 10.1 Å². The minimum absolute atomic E-state index is 0.424. The number of halogens is 3. The molecule has 0 radical (unpaired) electrons. The van der Waals surface area contributed by atoms with Gasteiger partial charge in [-0.05, 0) is 12.1 Å². The summed E-state index contributed by atoms with van der Waals surface area (Å²) in [7, 11) is 1.14. The van der Waals surface area contributed by atoms with E-state index in [2.05, 4.69) is 10.1 Å². The van der Waals surface area contributed by atoms with Gasteiger partial charge in [0.2, 0.25) is 0 Å². The second-order valence-corrected chi connectivity index (χ2v) is 3.41. The van der Waals surface area contributed by atoms with Crippen molar-refractivity contribution in [1.29, 1.82) is 0 Å². The topological polar surface area (TPSA) is 55.4 Å². The van der Waals surface area contributed by atoms with Crippen LogP contribution >= 0.6 is 11.6 Å². The second-order valence-electron chi connectivity index (χ2n) is 3.00. The van der Waals surface area contributed by atoms with Gasteiger partial charge in [-0.25, -0.2) is 8.78 Å². The molecular weight excluding hydrogens is 256 g/mol. The van der Waals surface area contributed by atoms with Gasteiger partial charge in [-0.1, -0.05) is 11.6 Å². The van der Waals surface area contributed by atoms with Gasteiger partial charge in [-0.3, -0.25) is 9.59 Å². The molecule has 0 aliphatic heterocycles. The third kappa shape index (κ3) is 3.39. The third-order valence-corrected chi connectivity index (χ3v) is 2.17. The zero-order chi connectivity index (χ0) is 13.0. The van der Waals surface area contributed by atoms with Crippen LogP contribution in [0.3, 0.4) is 0 Å². The average molecular weight is 264 g/mol. The molecule has 0 saturated heterocycles. The molecule has 0 saturated carbocycles. The van der Waals surface area contributed by atoms with E-state index in [0.717, 1.165) is 7.11 Å². The molecule has 4 nitrogen and oxygen atoms in total. The lowest BCUT2D eigenvalue weighted by Crippen LogP contribution is -2.30. The van der Waals surface area contributed by atoms with Gasteiger partial charge in [0.05, 0.1) is 17.7 Å². The Labute approximate surface area is 101 Å². The molecule has 0 unspecified atom stereocenters. The van der Waals surface area contributed by atoms with Crippen molar-refractivity contribution in [3.05, 3.63) is 34.4 Å². The summed E-state index contributed by atoms with van der Waals surface area (Å²) in [6, 6.07) is 1.34. The first kappa shape index (κ1) is 13.4. The molecular formula is C10H8ClF2NO3. The van der Waals surface area contributed by atoms with E-state index in [1.165, 1.54) is 0 Å². The van der Waals surface area contributed by atoms with Gasteiger partial charge in [-0.15, -0.1) is 0 Å². The molecule has 0 aromatic heterocycles. The highest BCUT2D eigenvalue weighted by molar-refractivity contribution is 6.30. The van der Waals surface area contributed by atoms with Crippen LogP contribution in [0.4, 0.5) is 8.78 Å². The Morgan fingerprint density at radius 1 is 1.35 bits per heavy atom. The van der Waals surface area contributed by atoms with Gasteiger partial charge in [0, 0.05) is 0 Å². The van der Waals surface area contributed by atoms with E-state index >= 15 is 0 Å². The van der Waals surface area contributed by atoms with Crippen LogP contribution in [0.5, 0.6) is 0 Å². The summed E-state index contributed by atoms with van der Waals surface area (Å²) >= 11 is 5.32. The zero-order valence-corrected chi connectivity index (χ0v) is 9.48. The SMILES string of the molecule is COC(=O)CNC(=O)c1cc(F)c(Cl)cc1F. The summed E-state index contributed by atoms with van der Waals surface area (Å²) in [6.45, 7) is -0.432. The number of benzene rings is 1. The first-order chi connectivity index (χ1) is 7.95. The molecule has 0 bridgehead atoms. The van der Waals surface area contributed by atoms with Gasteiger partial charge in [0.1, 0.15) is 18.2 Å². The van der Waals surface area contributed by atoms with E-state index in [1.807, 2.05) is 0 Å². The lowest BCUT2D eigenvalue weighted by molar-refractivity contribution is -0.139. The molecule has 0 heterocycles. The standard InChI is InChI=1S/C10H8ClF2NO3/c1-17-9(15)4-14-10(16)5-2-8(13)6(11)3-7(5)12/h2-3H,4H2,1H3,(H,14,16). The maximum Gasteiger partial charge on any atom is 0.325 e. The van der Waals surface area contributed by atoms with E-state index in [-0.39, 0.29) is 0 Å². The van der Waals surface area contributed by atoms with Gasteiger partial charge in [-0.2, -0.15) is 0 Å². The van der Waals surface area contributed by atoms with Crippen LogP contribution in [0.15, 0.2) is 12.1 Å². The number of nitrogens with one attached hydrogen (secondary N) is 1. The Morgan fingerprint density at radius 3 is 2.59 bits per heavy atom. The maximum atomic E-state index is 13.3. The highest BCUT2D eigenvalue weighted by Gasteiger charge is 2.16. The predicted molar refractivity (Wildman–Crippen MR) is 55.7 cm³/mol. The van der Waals surface area contributed by atoms with Crippen LogP contribution in [-0.2, 0) is 9.53 Å². The van der Waals surface area contributed by atoms with Crippen molar-refractivity contribution in [1.82, 2.24) is 5.32 Å². The number of rotatable bonds is 3. The fourth-order valence-electron chi connectivity index (χ4n) is 1.02. The van der Waals surface area contributed by atoms with Crippen LogP contribution in [0, 0.1) is 11.6 Å². The molecule has 1 rings (SSSR count). The summed E-state index contributed by atoms with van der Waals surface area (Å²) in [5.41, 5.74) is -0.532. The van der Waals surface area contributed by atoms with Crippen molar-refractivity contribution in [2.75, 3.05) is 13.7 Å².